The van der Waals surface area contributed by atoms with E-state index in [0.29, 0.717) is 54.0 Å². The number of hydrogen-bond donors (Lipinski definition) is 3. The summed E-state index contributed by atoms with van der Waals surface area (Å²) in [5.41, 5.74) is 5.81. The van der Waals surface area contributed by atoms with E-state index in [1.54, 1.807) is 36.1 Å². The highest BCUT2D eigenvalue weighted by molar-refractivity contribution is 6.04. The lowest BCUT2D eigenvalue weighted by Gasteiger charge is -2.16. The summed E-state index contributed by atoms with van der Waals surface area (Å²) in [7, 11) is 1.63. The minimum Gasteiger partial charge on any atom is -0.391 e. The van der Waals surface area contributed by atoms with E-state index >= 15 is 0 Å². The number of pyridine rings is 1. The number of hydrogen-bond acceptors (Lipinski definition) is 7. The van der Waals surface area contributed by atoms with Crippen LogP contribution in [0.25, 0.3) is 16.6 Å². The van der Waals surface area contributed by atoms with Gasteiger partial charge in [-0.05, 0) is 24.6 Å². The molecule has 3 aromatic rings. The van der Waals surface area contributed by atoms with E-state index in [1.165, 1.54) is 4.90 Å². The van der Waals surface area contributed by atoms with Crippen molar-refractivity contribution in [2.75, 3.05) is 31.6 Å². The highest BCUT2D eigenvalue weighted by Crippen LogP contribution is 2.27. The maximum absolute atomic E-state index is 12.2. The molecule has 2 aliphatic heterocycles. The van der Waals surface area contributed by atoms with Gasteiger partial charge >= 0.3 is 0 Å². The highest BCUT2D eigenvalue weighted by Gasteiger charge is 2.42. The predicted octanol–water partition coefficient (Wildman–Crippen LogP) is 0.0351. The van der Waals surface area contributed by atoms with Gasteiger partial charge in [0, 0.05) is 50.9 Å². The Hall–Kier alpha value is -3.94. The van der Waals surface area contributed by atoms with Crippen LogP contribution in [0.5, 0.6) is 0 Å². The molecule has 4 N–H and O–H groups in total. The van der Waals surface area contributed by atoms with Gasteiger partial charge in [-0.25, -0.2) is 9.67 Å². The molecule has 0 saturated carbocycles. The van der Waals surface area contributed by atoms with Gasteiger partial charge < -0.3 is 25.7 Å². The van der Waals surface area contributed by atoms with Gasteiger partial charge in [0.1, 0.15) is 5.82 Å². The maximum Gasteiger partial charge on any atom is 0.269 e. The molecule has 0 bridgehead atoms. The Bertz CT molecular complexity index is 1370. The molecular weight excluding hydrogens is 436 g/mol. The molecule has 0 aliphatic carbocycles. The second-order valence-corrected chi connectivity index (χ2v) is 8.71. The first-order chi connectivity index (χ1) is 16.2. The van der Waals surface area contributed by atoms with E-state index < -0.39 is 23.5 Å². The monoisotopic (exact) mass is 460 g/mol. The third-order valence-electron chi connectivity index (χ3n) is 6.29. The zero-order valence-electron chi connectivity index (χ0n) is 18.6. The van der Waals surface area contributed by atoms with Crippen molar-refractivity contribution in [3.8, 4) is 17.5 Å². The molecule has 10 heteroatoms. The van der Waals surface area contributed by atoms with Gasteiger partial charge in [-0.2, -0.15) is 5.10 Å². The van der Waals surface area contributed by atoms with Crippen molar-refractivity contribution in [2.24, 2.45) is 5.73 Å². The number of primary amides is 1. The van der Waals surface area contributed by atoms with E-state index in [1.807, 2.05) is 17.0 Å². The number of carbonyl (C=O) groups is 2. The van der Waals surface area contributed by atoms with Gasteiger partial charge in [0.15, 0.2) is 5.69 Å². The number of nitrogens with two attached hydrogens (primary N) is 1. The van der Waals surface area contributed by atoms with Gasteiger partial charge in [0.25, 0.3) is 11.8 Å². The van der Waals surface area contributed by atoms with E-state index in [4.69, 9.17) is 5.73 Å². The summed E-state index contributed by atoms with van der Waals surface area (Å²) in [6, 6.07) is 8.94. The fourth-order valence-corrected chi connectivity index (χ4v) is 4.36. The largest absolute Gasteiger partial charge is 0.391 e. The van der Waals surface area contributed by atoms with Crippen LogP contribution in [0.1, 0.15) is 28.9 Å². The number of nitrogens with zero attached hydrogens (tertiary/aromatic N) is 5. The Balaban J connectivity index is 1.56. The summed E-state index contributed by atoms with van der Waals surface area (Å²) >= 11 is 0. The molecule has 5 rings (SSSR count). The third kappa shape index (κ3) is 3.75. The van der Waals surface area contributed by atoms with Gasteiger partial charge in [-0.15, -0.1) is 0 Å². The number of carbonyl (C=O) groups excluding carboxylic acids is 2. The number of likely N-dealkylation sites (tertiary alicyclic amines) is 1. The quantitative estimate of drug-likeness (QED) is 0.469. The second-order valence-electron chi connectivity index (χ2n) is 8.71. The third-order valence-corrected chi connectivity index (χ3v) is 6.29. The van der Waals surface area contributed by atoms with E-state index in [-0.39, 0.29) is 12.1 Å². The number of aromatic nitrogens is 3. The summed E-state index contributed by atoms with van der Waals surface area (Å²) in [6.45, 7) is 1.61. The minimum absolute atomic E-state index is 0.0981. The number of anilines is 1. The van der Waals surface area contributed by atoms with Gasteiger partial charge in [-0.1, -0.05) is 17.9 Å². The van der Waals surface area contributed by atoms with Gasteiger partial charge in [0.05, 0.1) is 22.7 Å². The molecule has 2 atom stereocenters. The molecular formula is C24H24N6O4. The summed E-state index contributed by atoms with van der Waals surface area (Å²) in [5.74, 6) is 5.20. The lowest BCUT2D eigenvalue weighted by Crippen LogP contribution is -2.37. The molecule has 2 amide bonds. The number of fused-ring (bicyclic) bond motifs is 1. The molecule has 0 radical (unpaired) electrons. The van der Waals surface area contributed by atoms with Crippen molar-refractivity contribution in [3.63, 3.8) is 0 Å². The van der Waals surface area contributed by atoms with Crippen LogP contribution >= 0.6 is 0 Å². The average molecular weight is 460 g/mol. The van der Waals surface area contributed by atoms with Crippen LogP contribution in [0.2, 0.25) is 0 Å². The first-order valence-electron chi connectivity index (χ1n) is 11.0. The smallest absolute Gasteiger partial charge is 0.269 e. The number of aliphatic hydroxyl groups is 2. The summed E-state index contributed by atoms with van der Waals surface area (Å²) < 4.78 is 1.60. The van der Waals surface area contributed by atoms with E-state index in [0.717, 1.165) is 0 Å². The number of aliphatic hydroxyl groups excluding tert-OH is 1. The van der Waals surface area contributed by atoms with Crippen molar-refractivity contribution in [3.05, 3.63) is 47.8 Å². The van der Waals surface area contributed by atoms with E-state index in [9.17, 15) is 19.8 Å². The SMILES string of the molecule is CN1CCC(O)(C#Cc2cccc(-n3nc(C(N)=O)c4cnc(N5CCC(O)C5)cc43)c2)C1=O. The fraction of sp³-hybridized carbons (Fsp3) is 0.333. The fourth-order valence-electron chi connectivity index (χ4n) is 4.36. The summed E-state index contributed by atoms with van der Waals surface area (Å²) in [5, 5.41) is 25.4. The molecule has 2 aliphatic rings. The van der Waals surface area contributed by atoms with Crippen LogP contribution in [0.15, 0.2) is 36.5 Å². The standard InChI is InChI=1S/C24H24N6O4/c1-28-10-8-24(34,23(28)33)7-5-15-3-2-4-16(11-15)30-19-12-20(29-9-6-17(31)14-29)26-13-18(19)21(27-30)22(25)32/h2-4,11-13,17,31,34H,6,8-10,14H2,1H3,(H2,25,32). The molecule has 1 aromatic carbocycles. The molecule has 0 spiro atoms. The lowest BCUT2D eigenvalue weighted by atomic mass is 10.0. The number of β-amino-alcohol motifs (C(OH)–C–C–N with tert-alkyl or cyclic N) is 1. The Labute approximate surface area is 195 Å². The van der Waals surface area contributed by atoms with E-state index in [2.05, 4.69) is 21.9 Å². The van der Waals surface area contributed by atoms with Crippen molar-refractivity contribution < 1.29 is 19.8 Å². The Kier molecular flexibility index (Phi) is 5.23. The Morgan fingerprint density at radius 1 is 1.29 bits per heavy atom. The summed E-state index contributed by atoms with van der Waals surface area (Å²) in [4.78, 5) is 32.1. The van der Waals surface area contributed by atoms with Crippen molar-refractivity contribution in [1.29, 1.82) is 0 Å². The maximum atomic E-state index is 12.2. The normalized spacial score (nSPS) is 22.3. The number of benzene rings is 1. The van der Waals surface area contributed by atoms with Crippen LogP contribution in [-0.4, -0.2) is 80.1 Å². The first kappa shape index (κ1) is 21.9. The molecule has 2 aromatic heterocycles. The molecule has 4 heterocycles. The van der Waals surface area contributed by atoms with Gasteiger partial charge in [0.2, 0.25) is 5.60 Å². The molecule has 34 heavy (non-hydrogen) atoms. The molecule has 2 fully saturated rings. The Morgan fingerprint density at radius 2 is 2.12 bits per heavy atom. The number of amides is 2. The van der Waals surface area contributed by atoms with Crippen LogP contribution in [-0.2, 0) is 4.79 Å². The van der Waals surface area contributed by atoms with Gasteiger partial charge in [-0.3, -0.25) is 9.59 Å². The molecule has 2 unspecified atom stereocenters. The second kappa shape index (κ2) is 8.13. The zero-order chi connectivity index (χ0) is 24.0. The summed E-state index contributed by atoms with van der Waals surface area (Å²) in [6.07, 6.45) is 2.08. The number of rotatable bonds is 3. The van der Waals surface area contributed by atoms with Crippen LogP contribution < -0.4 is 10.6 Å². The first-order valence-corrected chi connectivity index (χ1v) is 11.0. The van der Waals surface area contributed by atoms with Crippen molar-refractivity contribution >= 4 is 28.5 Å². The van der Waals surface area contributed by atoms with Crippen LogP contribution in [0.4, 0.5) is 5.82 Å². The molecule has 174 valence electrons. The molecule has 10 nitrogen and oxygen atoms in total. The number of likely N-dealkylation sites (N-methyl/N-ethyl adjacent to an activating group) is 1. The van der Waals surface area contributed by atoms with Crippen molar-refractivity contribution in [1.82, 2.24) is 19.7 Å². The average Bonchev–Trinajstić information content (AvgIpc) is 3.50. The van der Waals surface area contributed by atoms with Crippen LogP contribution in [0, 0.1) is 11.8 Å². The Morgan fingerprint density at radius 3 is 2.79 bits per heavy atom. The lowest BCUT2D eigenvalue weighted by molar-refractivity contribution is -0.137. The highest BCUT2D eigenvalue weighted by atomic mass is 16.3. The van der Waals surface area contributed by atoms with Crippen molar-refractivity contribution in [2.45, 2.75) is 24.5 Å². The minimum atomic E-state index is -1.69. The van der Waals surface area contributed by atoms with Crippen LogP contribution in [0.3, 0.4) is 0 Å². The zero-order valence-corrected chi connectivity index (χ0v) is 18.6. The topological polar surface area (TPSA) is 138 Å². The molecule has 2 saturated heterocycles. The predicted molar refractivity (Wildman–Crippen MR) is 124 cm³/mol.